The van der Waals surface area contributed by atoms with E-state index in [-0.39, 0.29) is 6.02 Å². The molecule has 4 N–H and O–H groups in total. The first-order chi connectivity index (χ1) is 13.6. The summed E-state index contributed by atoms with van der Waals surface area (Å²) in [4.78, 5) is 13.9. The van der Waals surface area contributed by atoms with Crippen LogP contribution in [0.3, 0.4) is 0 Å². The summed E-state index contributed by atoms with van der Waals surface area (Å²) in [6.45, 7) is 2.45. The van der Waals surface area contributed by atoms with Gasteiger partial charge in [-0.05, 0) is 42.8 Å². The van der Waals surface area contributed by atoms with E-state index in [1.165, 1.54) is 0 Å². The van der Waals surface area contributed by atoms with E-state index >= 15 is 0 Å². The second-order valence-corrected chi connectivity index (χ2v) is 6.97. The lowest BCUT2D eigenvalue weighted by Crippen LogP contribution is -2.38. The van der Waals surface area contributed by atoms with E-state index in [0.717, 1.165) is 22.4 Å². The second kappa shape index (κ2) is 5.95. The van der Waals surface area contributed by atoms with Crippen LogP contribution >= 0.6 is 0 Å². The first-order valence-electron chi connectivity index (χ1n) is 9.06. The lowest BCUT2D eigenvalue weighted by molar-refractivity contribution is 0.219. The molecule has 1 atom stereocenters. The number of hydrogen-bond donors (Lipinski definition) is 2. The van der Waals surface area contributed by atoms with Crippen molar-refractivity contribution in [3.63, 3.8) is 0 Å². The van der Waals surface area contributed by atoms with Crippen LogP contribution in [-0.2, 0) is 10.3 Å². The molecule has 5 rings (SSSR count). The number of hydrogen-bond acceptors (Lipinski definition) is 7. The van der Waals surface area contributed by atoms with Crippen molar-refractivity contribution in [1.82, 2.24) is 9.97 Å². The predicted molar refractivity (Wildman–Crippen MR) is 106 cm³/mol. The molecule has 2 aromatic heterocycles. The number of aryl methyl sites for hydroxylation is 1. The number of rotatable bonds is 1. The van der Waals surface area contributed by atoms with E-state index in [9.17, 15) is 0 Å². The summed E-state index contributed by atoms with van der Waals surface area (Å²) >= 11 is 0. The SMILES string of the molecule is Cc1cccnc1-c1nccc2c1Oc1ccc(N)cc1C21CCOC(N)=N1. The van der Waals surface area contributed by atoms with Crippen LogP contribution in [-0.4, -0.2) is 22.6 Å². The molecule has 2 aliphatic rings. The number of nitrogen functional groups attached to an aromatic ring is 1. The number of aromatic nitrogens is 2. The Labute approximate surface area is 162 Å². The Bertz CT molecular complexity index is 1130. The van der Waals surface area contributed by atoms with Crippen LogP contribution in [0.2, 0.25) is 0 Å². The molecule has 1 unspecified atom stereocenters. The molecule has 0 fully saturated rings. The minimum Gasteiger partial charge on any atom is -0.465 e. The Morgan fingerprint density at radius 2 is 1.86 bits per heavy atom. The number of aliphatic imine (C=N–C) groups is 1. The molecule has 140 valence electrons. The number of nitrogens with zero attached hydrogens (tertiary/aromatic N) is 3. The number of pyridine rings is 2. The zero-order valence-corrected chi connectivity index (χ0v) is 15.3. The number of amidine groups is 1. The Hall–Kier alpha value is -3.61. The average Bonchev–Trinajstić information content (AvgIpc) is 2.69. The standard InChI is InChI=1S/C21H19N5O2/c1-12-3-2-8-24-17(12)18-19-14(6-9-25-18)21(7-10-27-20(23)26-21)15-11-13(22)4-5-16(15)28-19/h2-6,8-9,11H,7,10,22H2,1H3,(H2,23,26). The molecule has 7 heteroatoms. The number of fused-ring (bicyclic) bond motifs is 4. The van der Waals surface area contributed by atoms with Gasteiger partial charge in [0.25, 0.3) is 6.02 Å². The van der Waals surface area contributed by atoms with Gasteiger partial charge in [0.15, 0.2) is 5.75 Å². The van der Waals surface area contributed by atoms with E-state index in [1.807, 2.05) is 43.3 Å². The maximum Gasteiger partial charge on any atom is 0.283 e. The van der Waals surface area contributed by atoms with Gasteiger partial charge in [-0.2, -0.15) is 0 Å². The number of ether oxygens (including phenoxy) is 2. The van der Waals surface area contributed by atoms with Crippen LogP contribution in [0.1, 0.15) is 23.1 Å². The van der Waals surface area contributed by atoms with E-state index in [4.69, 9.17) is 25.9 Å². The van der Waals surface area contributed by atoms with Gasteiger partial charge in [0, 0.05) is 35.6 Å². The quantitative estimate of drug-likeness (QED) is 0.635. The monoisotopic (exact) mass is 373 g/mol. The third-order valence-corrected chi connectivity index (χ3v) is 5.26. The molecule has 3 aromatic rings. The fraction of sp³-hybridized carbons (Fsp3) is 0.190. The van der Waals surface area contributed by atoms with Crippen LogP contribution < -0.4 is 16.2 Å². The maximum absolute atomic E-state index is 6.33. The zero-order chi connectivity index (χ0) is 19.3. The summed E-state index contributed by atoms with van der Waals surface area (Å²) < 4.78 is 11.8. The molecule has 1 aromatic carbocycles. The largest absolute Gasteiger partial charge is 0.465 e. The minimum absolute atomic E-state index is 0.153. The third-order valence-electron chi connectivity index (χ3n) is 5.26. The van der Waals surface area contributed by atoms with Gasteiger partial charge in [-0.1, -0.05) is 6.07 Å². The van der Waals surface area contributed by atoms with Gasteiger partial charge in [0.05, 0.1) is 12.3 Å². The Kier molecular flexibility index (Phi) is 3.52. The number of nitrogens with two attached hydrogens (primary N) is 2. The lowest BCUT2D eigenvalue weighted by Gasteiger charge is -2.39. The molecule has 28 heavy (non-hydrogen) atoms. The normalized spacial score (nSPS) is 19.8. The number of benzene rings is 1. The van der Waals surface area contributed by atoms with E-state index in [0.29, 0.717) is 35.9 Å². The van der Waals surface area contributed by atoms with E-state index in [1.54, 1.807) is 12.4 Å². The average molecular weight is 373 g/mol. The fourth-order valence-electron chi connectivity index (χ4n) is 3.96. The molecule has 0 aliphatic carbocycles. The Balaban J connectivity index is 1.83. The highest BCUT2D eigenvalue weighted by atomic mass is 16.5. The van der Waals surface area contributed by atoms with Crippen LogP contribution in [0.15, 0.2) is 53.8 Å². The summed E-state index contributed by atoms with van der Waals surface area (Å²) in [5.74, 6) is 1.32. The molecule has 7 nitrogen and oxygen atoms in total. The Morgan fingerprint density at radius 3 is 2.68 bits per heavy atom. The van der Waals surface area contributed by atoms with Crippen molar-refractivity contribution in [2.45, 2.75) is 18.9 Å². The fourth-order valence-corrected chi connectivity index (χ4v) is 3.96. The van der Waals surface area contributed by atoms with Crippen molar-refractivity contribution in [2.24, 2.45) is 10.7 Å². The van der Waals surface area contributed by atoms with Crippen LogP contribution in [0.4, 0.5) is 5.69 Å². The molecule has 0 saturated heterocycles. The molecular weight excluding hydrogens is 354 g/mol. The molecule has 1 spiro atoms. The summed E-state index contributed by atoms with van der Waals surface area (Å²) in [5.41, 5.74) is 16.2. The highest BCUT2D eigenvalue weighted by Gasteiger charge is 2.45. The summed E-state index contributed by atoms with van der Waals surface area (Å²) in [7, 11) is 0. The topological polar surface area (TPSA) is 109 Å². The van der Waals surface area contributed by atoms with Gasteiger partial charge in [0.1, 0.15) is 17.0 Å². The van der Waals surface area contributed by atoms with Crippen molar-refractivity contribution in [1.29, 1.82) is 0 Å². The molecular formula is C21H19N5O2. The summed E-state index contributed by atoms with van der Waals surface area (Å²) in [6, 6.07) is 11.5. The first kappa shape index (κ1) is 16.6. The zero-order valence-electron chi connectivity index (χ0n) is 15.3. The van der Waals surface area contributed by atoms with Crippen molar-refractivity contribution < 1.29 is 9.47 Å². The highest BCUT2D eigenvalue weighted by Crippen LogP contribution is 2.54. The van der Waals surface area contributed by atoms with Crippen LogP contribution in [0.25, 0.3) is 11.4 Å². The van der Waals surface area contributed by atoms with Gasteiger partial charge >= 0.3 is 0 Å². The second-order valence-electron chi connectivity index (χ2n) is 6.97. The predicted octanol–water partition coefficient (Wildman–Crippen LogP) is 3.12. The van der Waals surface area contributed by atoms with E-state index in [2.05, 4.69) is 9.97 Å². The van der Waals surface area contributed by atoms with Gasteiger partial charge < -0.3 is 20.9 Å². The van der Waals surface area contributed by atoms with Crippen LogP contribution in [0, 0.1) is 6.92 Å². The van der Waals surface area contributed by atoms with Gasteiger partial charge in [-0.3, -0.25) is 9.97 Å². The molecule has 0 amide bonds. The molecule has 0 radical (unpaired) electrons. The third kappa shape index (κ3) is 2.32. The maximum atomic E-state index is 6.33. The highest BCUT2D eigenvalue weighted by molar-refractivity contribution is 5.77. The van der Waals surface area contributed by atoms with Crippen molar-refractivity contribution in [3.8, 4) is 22.9 Å². The number of anilines is 1. The van der Waals surface area contributed by atoms with Gasteiger partial charge in [0.2, 0.25) is 0 Å². The molecule has 0 bridgehead atoms. The van der Waals surface area contributed by atoms with Gasteiger partial charge in [-0.25, -0.2) is 4.99 Å². The first-order valence-corrected chi connectivity index (χ1v) is 9.06. The minimum atomic E-state index is -0.735. The lowest BCUT2D eigenvalue weighted by atomic mass is 9.77. The molecule has 4 heterocycles. The van der Waals surface area contributed by atoms with Crippen molar-refractivity contribution >= 4 is 11.7 Å². The van der Waals surface area contributed by atoms with E-state index < -0.39 is 5.54 Å². The Morgan fingerprint density at radius 1 is 1.00 bits per heavy atom. The van der Waals surface area contributed by atoms with Crippen LogP contribution in [0.5, 0.6) is 11.5 Å². The smallest absolute Gasteiger partial charge is 0.283 e. The van der Waals surface area contributed by atoms with Crippen molar-refractivity contribution in [3.05, 3.63) is 65.5 Å². The van der Waals surface area contributed by atoms with Gasteiger partial charge in [-0.15, -0.1) is 0 Å². The van der Waals surface area contributed by atoms with Crippen molar-refractivity contribution in [2.75, 3.05) is 12.3 Å². The molecule has 2 aliphatic heterocycles. The summed E-state index contributed by atoms with van der Waals surface area (Å²) in [5, 5.41) is 0. The molecule has 0 saturated carbocycles. The summed E-state index contributed by atoms with van der Waals surface area (Å²) in [6.07, 6.45) is 4.12.